The normalized spacial score (nSPS) is 17.7. The number of benzene rings is 1. The van der Waals surface area contributed by atoms with Crippen molar-refractivity contribution >= 4 is 15.9 Å². The van der Waals surface area contributed by atoms with Crippen LogP contribution in [0, 0.1) is 5.92 Å². The maximum absolute atomic E-state index is 5.54. The van der Waals surface area contributed by atoms with Gasteiger partial charge in [0, 0.05) is 10.5 Å². The van der Waals surface area contributed by atoms with E-state index in [1.807, 2.05) is 0 Å². The van der Waals surface area contributed by atoms with Crippen LogP contribution in [0.2, 0.25) is 0 Å². The SMILES string of the molecule is CCCNC(Cc1cc(Br)ccc1OC)C1CCCCC1. The van der Waals surface area contributed by atoms with Crippen molar-refractivity contribution in [3.63, 3.8) is 0 Å². The summed E-state index contributed by atoms with van der Waals surface area (Å²) >= 11 is 3.59. The van der Waals surface area contributed by atoms with Gasteiger partial charge < -0.3 is 10.1 Å². The van der Waals surface area contributed by atoms with Crippen LogP contribution in [0.1, 0.15) is 51.0 Å². The molecule has 1 atom stereocenters. The molecule has 1 fully saturated rings. The van der Waals surface area contributed by atoms with Crippen molar-refractivity contribution in [2.75, 3.05) is 13.7 Å². The first-order valence-corrected chi connectivity index (χ1v) is 9.09. The molecule has 21 heavy (non-hydrogen) atoms. The van der Waals surface area contributed by atoms with Crippen LogP contribution in [-0.4, -0.2) is 19.7 Å². The van der Waals surface area contributed by atoms with Gasteiger partial charge in [-0.2, -0.15) is 0 Å². The Morgan fingerprint density at radius 3 is 2.71 bits per heavy atom. The van der Waals surface area contributed by atoms with Crippen molar-refractivity contribution in [2.45, 2.75) is 57.9 Å². The van der Waals surface area contributed by atoms with Gasteiger partial charge in [-0.1, -0.05) is 42.1 Å². The summed E-state index contributed by atoms with van der Waals surface area (Å²) in [5.41, 5.74) is 1.31. The molecule has 1 aromatic carbocycles. The van der Waals surface area contributed by atoms with E-state index in [4.69, 9.17) is 4.74 Å². The summed E-state index contributed by atoms with van der Waals surface area (Å²) in [6, 6.07) is 6.91. The highest BCUT2D eigenvalue weighted by molar-refractivity contribution is 9.10. The molecule has 1 saturated carbocycles. The molecule has 0 aromatic heterocycles. The number of rotatable bonds is 7. The Morgan fingerprint density at radius 2 is 2.05 bits per heavy atom. The van der Waals surface area contributed by atoms with Crippen molar-refractivity contribution in [1.29, 1.82) is 0 Å². The van der Waals surface area contributed by atoms with Crippen LogP contribution in [0.25, 0.3) is 0 Å². The van der Waals surface area contributed by atoms with Crippen LogP contribution in [0.5, 0.6) is 5.75 Å². The molecule has 0 spiro atoms. The quantitative estimate of drug-likeness (QED) is 0.748. The maximum Gasteiger partial charge on any atom is 0.122 e. The number of nitrogens with one attached hydrogen (secondary N) is 1. The molecule has 2 rings (SSSR count). The number of methoxy groups -OCH3 is 1. The third-order valence-electron chi connectivity index (χ3n) is 4.56. The zero-order valence-electron chi connectivity index (χ0n) is 13.3. The zero-order valence-corrected chi connectivity index (χ0v) is 14.9. The first kappa shape index (κ1) is 16.8. The second kappa shape index (κ2) is 8.79. The largest absolute Gasteiger partial charge is 0.496 e. The molecule has 0 bridgehead atoms. The van der Waals surface area contributed by atoms with Gasteiger partial charge in [-0.15, -0.1) is 0 Å². The molecule has 0 amide bonds. The molecular formula is C18H28BrNO. The molecule has 0 aliphatic heterocycles. The van der Waals surface area contributed by atoms with Gasteiger partial charge in [0.25, 0.3) is 0 Å². The van der Waals surface area contributed by atoms with E-state index < -0.39 is 0 Å². The standard InChI is InChI=1S/C18H28BrNO/c1-3-11-20-17(14-7-5-4-6-8-14)13-15-12-16(19)9-10-18(15)21-2/h9-10,12,14,17,20H,3-8,11,13H2,1-2H3. The van der Waals surface area contributed by atoms with Gasteiger partial charge in [-0.3, -0.25) is 0 Å². The van der Waals surface area contributed by atoms with E-state index >= 15 is 0 Å². The van der Waals surface area contributed by atoms with Crippen molar-refractivity contribution < 1.29 is 4.74 Å². The van der Waals surface area contributed by atoms with E-state index in [9.17, 15) is 0 Å². The molecule has 1 aliphatic rings. The monoisotopic (exact) mass is 353 g/mol. The molecule has 2 nitrogen and oxygen atoms in total. The summed E-state index contributed by atoms with van der Waals surface area (Å²) < 4.78 is 6.68. The molecule has 1 N–H and O–H groups in total. The van der Waals surface area contributed by atoms with Crippen LogP contribution in [-0.2, 0) is 6.42 Å². The first-order valence-electron chi connectivity index (χ1n) is 8.30. The lowest BCUT2D eigenvalue weighted by atomic mass is 9.81. The Hall–Kier alpha value is -0.540. The van der Waals surface area contributed by atoms with Gasteiger partial charge in [0.1, 0.15) is 5.75 Å². The summed E-state index contributed by atoms with van der Waals surface area (Å²) in [5, 5.41) is 3.79. The lowest BCUT2D eigenvalue weighted by Crippen LogP contribution is -2.39. The van der Waals surface area contributed by atoms with Crippen LogP contribution in [0.15, 0.2) is 22.7 Å². The Labute approximate surface area is 137 Å². The van der Waals surface area contributed by atoms with Crippen LogP contribution in [0.4, 0.5) is 0 Å². The Kier molecular flexibility index (Phi) is 7.05. The van der Waals surface area contributed by atoms with Crippen LogP contribution >= 0.6 is 15.9 Å². The topological polar surface area (TPSA) is 21.3 Å². The molecule has 1 unspecified atom stereocenters. The number of ether oxygens (including phenoxy) is 1. The van der Waals surface area contributed by atoms with E-state index in [0.29, 0.717) is 6.04 Å². The summed E-state index contributed by atoms with van der Waals surface area (Å²) in [4.78, 5) is 0. The van der Waals surface area contributed by atoms with Gasteiger partial charge >= 0.3 is 0 Å². The van der Waals surface area contributed by atoms with Gasteiger partial charge in [-0.05, 0) is 61.9 Å². The Balaban J connectivity index is 2.11. The predicted octanol–water partition coefficient (Wildman–Crippen LogP) is 4.95. The number of hydrogen-bond acceptors (Lipinski definition) is 2. The predicted molar refractivity (Wildman–Crippen MR) is 93.1 cm³/mol. The van der Waals surface area contributed by atoms with E-state index in [2.05, 4.69) is 46.4 Å². The highest BCUT2D eigenvalue weighted by atomic mass is 79.9. The van der Waals surface area contributed by atoms with E-state index in [0.717, 1.165) is 29.1 Å². The van der Waals surface area contributed by atoms with Gasteiger partial charge in [0.05, 0.1) is 7.11 Å². The van der Waals surface area contributed by atoms with Gasteiger partial charge in [-0.25, -0.2) is 0 Å². The minimum atomic E-state index is 0.577. The molecule has 118 valence electrons. The number of hydrogen-bond donors (Lipinski definition) is 1. The minimum Gasteiger partial charge on any atom is -0.496 e. The van der Waals surface area contributed by atoms with Crippen molar-refractivity contribution in [1.82, 2.24) is 5.32 Å². The van der Waals surface area contributed by atoms with Crippen LogP contribution in [0.3, 0.4) is 0 Å². The van der Waals surface area contributed by atoms with Crippen molar-refractivity contribution in [2.24, 2.45) is 5.92 Å². The zero-order chi connectivity index (χ0) is 15.1. The lowest BCUT2D eigenvalue weighted by Gasteiger charge is -2.31. The first-order chi connectivity index (χ1) is 10.2. The number of halogens is 1. The highest BCUT2D eigenvalue weighted by Crippen LogP contribution is 2.31. The fourth-order valence-electron chi connectivity index (χ4n) is 3.42. The minimum absolute atomic E-state index is 0.577. The summed E-state index contributed by atoms with van der Waals surface area (Å²) in [6.07, 6.45) is 9.20. The smallest absolute Gasteiger partial charge is 0.122 e. The second-order valence-corrected chi connectivity index (χ2v) is 7.03. The molecule has 0 heterocycles. The fourth-order valence-corrected chi connectivity index (χ4v) is 3.82. The molecule has 3 heteroatoms. The summed E-state index contributed by atoms with van der Waals surface area (Å²) in [7, 11) is 1.77. The molecule has 1 aromatic rings. The Morgan fingerprint density at radius 1 is 1.29 bits per heavy atom. The third kappa shape index (κ3) is 5.00. The van der Waals surface area contributed by atoms with E-state index in [-0.39, 0.29) is 0 Å². The van der Waals surface area contributed by atoms with Crippen molar-refractivity contribution in [3.05, 3.63) is 28.2 Å². The van der Waals surface area contributed by atoms with Crippen LogP contribution < -0.4 is 10.1 Å². The third-order valence-corrected chi connectivity index (χ3v) is 5.05. The summed E-state index contributed by atoms with van der Waals surface area (Å²) in [6.45, 7) is 3.35. The van der Waals surface area contributed by atoms with E-state index in [1.54, 1.807) is 7.11 Å². The van der Waals surface area contributed by atoms with Gasteiger partial charge in [0.2, 0.25) is 0 Å². The Bertz CT molecular complexity index is 429. The highest BCUT2D eigenvalue weighted by Gasteiger charge is 2.24. The average Bonchev–Trinajstić information content (AvgIpc) is 2.52. The van der Waals surface area contributed by atoms with E-state index in [1.165, 1.54) is 44.1 Å². The summed E-state index contributed by atoms with van der Waals surface area (Å²) in [5.74, 6) is 1.83. The maximum atomic E-state index is 5.54. The van der Waals surface area contributed by atoms with Gasteiger partial charge in [0.15, 0.2) is 0 Å². The fraction of sp³-hybridized carbons (Fsp3) is 0.667. The van der Waals surface area contributed by atoms with Crippen molar-refractivity contribution in [3.8, 4) is 5.75 Å². The molecular weight excluding hydrogens is 326 g/mol. The second-order valence-electron chi connectivity index (χ2n) is 6.12. The lowest BCUT2D eigenvalue weighted by molar-refractivity contribution is 0.265. The average molecular weight is 354 g/mol. The molecule has 1 aliphatic carbocycles. The molecule has 0 saturated heterocycles. The molecule has 0 radical (unpaired) electrons.